The van der Waals surface area contributed by atoms with Gasteiger partial charge in [0.15, 0.2) is 0 Å². The molecular formula is C15H20O2S. The first-order chi connectivity index (χ1) is 8.79. The van der Waals surface area contributed by atoms with Crippen molar-refractivity contribution >= 4 is 17.7 Å². The predicted octanol–water partition coefficient (Wildman–Crippen LogP) is 3.61. The van der Waals surface area contributed by atoms with Gasteiger partial charge < -0.3 is 4.74 Å². The van der Waals surface area contributed by atoms with E-state index in [0.29, 0.717) is 12.4 Å². The van der Waals surface area contributed by atoms with Crippen molar-refractivity contribution in [3.05, 3.63) is 29.3 Å². The van der Waals surface area contributed by atoms with Gasteiger partial charge in [0.25, 0.3) is 0 Å². The van der Waals surface area contributed by atoms with E-state index in [1.165, 1.54) is 35.3 Å². The number of esters is 1. The fourth-order valence-electron chi connectivity index (χ4n) is 2.15. The van der Waals surface area contributed by atoms with Crippen molar-refractivity contribution in [1.29, 1.82) is 0 Å². The van der Waals surface area contributed by atoms with E-state index in [1.807, 2.05) is 0 Å². The summed E-state index contributed by atoms with van der Waals surface area (Å²) >= 11 is 1.58. The first kappa shape index (κ1) is 13.5. The minimum Gasteiger partial charge on any atom is -0.465 e. The molecule has 0 bridgehead atoms. The lowest BCUT2D eigenvalue weighted by atomic mass is 10.1. The normalized spacial score (nSPS) is 13.4. The van der Waals surface area contributed by atoms with Crippen LogP contribution in [0.1, 0.15) is 37.3 Å². The van der Waals surface area contributed by atoms with Crippen molar-refractivity contribution in [2.75, 3.05) is 12.4 Å². The van der Waals surface area contributed by atoms with Crippen LogP contribution in [0.4, 0.5) is 0 Å². The molecule has 18 heavy (non-hydrogen) atoms. The summed E-state index contributed by atoms with van der Waals surface area (Å²) in [5.41, 5.74) is 2.93. The van der Waals surface area contributed by atoms with Gasteiger partial charge in [-0.1, -0.05) is 19.4 Å². The molecule has 1 aromatic carbocycles. The molecule has 0 atom stereocenters. The molecule has 0 heterocycles. The summed E-state index contributed by atoms with van der Waals surface area (Å²) < 4.78 is 5.14. The lowest BCUT2D eigenvalue weighted by Gasteiger charge is -2.05. The van der Waals surface area contributed by atoms with E-state index in [4.69, 9.17) is 4.74 Å². The van der Waals surface area contributed by atoms with E-state index < -0.39 is 0 Å². The van der Waals surface area contributed by atoms with Crippen LogP contribution in [0.3, 0.4) is 0 Å². The minimum absolute atomic E-state index is 0.103. The fraction of sp³-hybridized carbons (Fsp3) is 0.533. The second-order valence-electron chi connectivity index (χ2n) is 4.65. The minimum atomic E-state index is -0.103. The van der Waals surface area contributed by atoms with Crippen LogP contribution in [-0.4, -0.2) is 18.3 Å². The van der Waals surface area contributed by atoms with Crippen LogP contribution in [0.5, 0.6) is 0 Å². The number of fused-ring (bicyclic) bond motifs is 1. The Labute approximate surface area is 113 Å². The molecular weight excluding hydrogens is 244 g/mol. The molecule has 0 fully saturated rings. The van der Waals surface area contributed by atoms with Crippen LogP contribution in [-0.2, 0) is 22.4 Å². The number of carbonyl (C=O) groups is 1. The molecule has 0 radical (unpaired) electrons. The van der Waals surface area contributed by atoms with E-state index in [2.05, 4.69) is 25.1 Å². The van der Waals surface area contributed by atoms with Crippen LogP contribution in [0.15, 0.2) is 23.1 Å². The van der Waals surface area contributed by atoms with Gasteiger partial charge in [0.2, 0.25) is 0 Å². The average molecular weight is 264 g/mol. The second-order valence-corrected chi connectivity index (χ2v) is 5.70. The number of rotatable bonds is 6. The molecule has 0 spiro atoms. The zero-order valence-electron chi connectivity index (χ0n) is 10.9. The molecule has 0 saturated heterocycles. The van der Waals surface area contributed by atoms with Crippen molar-refractivity contribution < 1.29 is 9.53 Å². The molecule has 1 aliphatic carbocycles. The Morgan fingerprint density at radius 1 is 1.33 bits per heavy atom. The first-order valence-electron chi connectivity index (χ1n) is 6.70. The molecule has 98 valence electrons. The average Bonchev–Trinajstić information content (AvgIpc) is 2.84. The Hall–Kier alpha value is -0.960. The summed E-state index contributed by atoms with van der Waals surface area (Å²) in [6, 6.07) is 6.55. The fourth-order valence-corrected chi connectivity index (χ4v) is 2.91. The Morgan fingerprint density at radius 2 is 2.17 bits per heavy atom. The number of carbonyl (C=O) groups excluding carboxylic acids is 1. The second kappa shape index (κ2) is 6.83. The Balaban J connectivity index is 1.78. The maximum atomic E-state index is 11.5. The van der Waals surface area contributed by atoms with Crippen molar-refractivity contribution in [3.63, 3.8) is 0 Å². The van der Waals surface area contributed by atoms with Crippen molar-refractivity contribution in [2.24, 2.45) is 0 Å². The lowest BCUT2D eigenvalue weighted by molar-refractivity contribution is -0.140. The molecule has 1 aliphatic rings. The Bertz CT molecular complexity index is 415. The van der Waals surface area contributed by atoms with Gasteiger partial charge in [0.05, 0.1) is 12.4 Å². The lowest BCUT2D eigenvalue weighted by Crippen LogP contribution is -2.08. The van der Waals surface area contributed by atoms with E-state index in [0.717, 1.165) is 12.8 Å². The zero-order chi connectivity index (χ0) is 12.8. The quantitative estimate of drug-likeness (QED) is 0.446. The number of hydrogen-bond acceptors (Lipinski definition) is 3. The summed E-state index contributed by atoms with van der Waals surface area (Å²) in [5.74, 6) is 0.316. The number of thioether (sulfide) groups is 1. The van der Waals surface area contributed by atoms with E-state index in [-0.39, 0.29) is 5.97 Å². The highest BCUT2D eigenvalue weighted by Gasteiger charge is 2.11. The third-order valence-corrected chi connectivity index (χ3v) is 4.15. The highest BCUT2D eigenvalue weighted by atomic mass is 32.2. The molecule has 0 amide bonds. The van der Waals surface area contributed by atoms with Gasteiger partial charge in [0.1, 0.15) is 0 Å². The van der Waals surface area contributed by atoms with E-state index >= 15 is 0 Å². The van der Waals surface area contributed by atoms with E-state index in [9.17, 15) is 4.79 Å². The molecule has 3 heteroatoms. The Morgan fingerprint density at radius 3 is 3.00 bits per heavy atom. The number of unbranched alkanes of at least 4 members (excludes halogenated alkanes) is 1. The van der Waals surface area contributed by atoms with Gasteiger partial charge >= 0.3 is 5.97 Å². The van der Waals surface area contributed by atoms with Crippen LogP contribution >= 0.6 is 11.8 Å². The zero-order valence-corrected chi connectivity index (χ0v) is 11.7. The summed E-state index contributed by atoms with van der Waals surface area (Å²) in [6.07, 6.45) is 5.67. The SMILES string of the molecule is CCCCOC(=O)CSc1ccc2c(c1)CCC2. The number of benzene rings is 1. The van der Waals surface area contributed by atoms with Gasteiger partial charge in [-0.15, -0.1) is 11.8 Å². The van der Waals surface area contributed by atoms with Gasteiger partial charge in [-0.3, -0.25) is 4.79 Å². The van der Waals surface area contributed by atoms with Crippen molar-refractivity contribution in [1.82, 2.24) is 0 Å². The van der Waals surface area contributed by atoms with Crippen LogP contribution in [0, 0.1) is 0 Å². The third-order valence-electron chi connectivity index (χ3n) is 3.19. The number of aryl methyl sites for hydroxylation is 2. The maximum absolute atomic E-state index is 11.5. The van der Waals surface area contributed by atoms with Crippen molar-refractivity contribution in [2.45, 2.75) is 43.9 Å². The van der Waals surface area contributed by atoms with Gasteiger partial charge in [-0.2, -0.15) is 0 Å². The molecule has 0 unspecified atom stereocenters. The molecule has 0 saturated carbocycles. The summed E-state index contributed by atoms with van der Waals surface area (Å²) in [7, 11) is 0. The van der Waals surface area contributed by atoms with Gasteiger partial charge in [0, 0.05) is 4.90 Å². The third kappa shape index (κ3) is 3.77. The molecule has 2 nitrogen and oxygen atoms in total. The van der Waals surface area contributed by atoms with Crippen LogP contribution < -0.4 is 0 Å². The highest BCUT2D eigenvalue weighted by molar-refractivity contribution is 8.00. The molecule has 1 aromatic rings. The Kier molecular flexibility index (Phi) is 5.12. The van der Waals surface area contributed by atoms with Crippen LogP contribution in [0.2, 0.25) is 0 Å². The smallest absolute Gasteiger partial charge is 0.316 e. The first-order valence-corrected chi connectivity index (χ1v) is 7.68. The molecule has 2 rings (SSSR count). The summed E-state index contributed by atoms with van der Waals surface area (Å²) in [4.78, 5) is 12.7. The largest absolute Gasteiger partial charge is 0.465 e. The molecule has 0 aliphatic heterocycles. The number of ether oxygens (including phenoxy) is 1. The summed E-state index contributed by atoms with van der Waals surface area (Å²) in [5, 5.41) is 0. The summed E-state index contributed by atoms with van der Waals surface area (Å²) in [6.45, 7) is 2.65. The molecule has 0 N–H and O–H groups in total. The van der Waals surface area contributed by atoms with Crippen molar-refractivity contribution in [3.8, 4) is 0 Å². The van der Waals surface area contributed by atoms with Gasteiger partial charge in [-0.25, -0.2) is 0 Å². The molecule has 0 aromatic heterocycles. The van der Waals surface area contributed by atoms with Crippen LogP contribution in [0.25, 0.3) is 0 Å². The maximum Gasteiger partial charge on any atom is 0.316 e. The highest BCUT2D eigenvalue weighted by Crippen LogP contribution is 2.27. The predicted molar refractivity (Wildman–Crippen MR) is 75.1 cm³/mol. The van der Waals surface area contributed by atoms with Gasteiger partial charge in [-0.05, 0) is 48.9 Å². The number of hydrogen-bond donors (Lipinski definition) is 0. The standard InChI is InChI=1S/C15H20O2S/c1-2-3-9-17-15(16)11-18-14-8-7-12-5-4-6-13(12)10-14/h7-8,10H,2-6,9,11H2,1H3. The monoisotopic (exact) mass is 264 g/mol. The topological polar surface area (TPSA) is 26.3 Å². The van der Waals surface area contributed by atoms with E-state index in [1.54, 1.807) is 11.8 Å².